The minimum Gasteiger partial charge on any atom is -0.493 e. The summed E-state index contributed by atoms with van der Waals surface area (Å²) in [7, 11) is 1.54. The number of nitrogens with zero attached hydrogens (tertiary/aromatic N) is 3. The molecule has 10 nitrogen and oxygen atoms in total. The third-order valence-electron chi connectivity index (χ3n) is 5.14. The third-order valence-corrected chi connectivity index (χ3v) is 5.14. The number of morpholine rings is 1. The van der Waals surface area contributed by atoms with Gasteiger partial charge in [0.05, 0.1) is 38.0 Å². The van der Waals surface area contributed by atoms with Gasteiger partial charge in [0.1, 0.15) is 6.61 Å². The Labute approximate surface area is 198 Å². The van der Waals surface area contributed by atoms with E-state index in [1.807, 2.05) is 11.0 Å². The largest absolute Gasteiger partial charge is 0.493 e. The molecule has 0 atom stereocenters. The van der Waals surface area contributed by atoms with E-state index in [0.29, 0.717) is 31.1 Å². The van der Waals surface area contributed by atoms with Gasteiger partial charge in [-0.3, -0.25) is 19.8 Å². The van der Waals surface area contributed by atoms with Crippen LogP contribution in [0.4, 0.5) is 5.69 Å². The maximum atomic E-state index is 12.1. The van der Waals surface area contributed by atoms with Crippen LogP contribution in [-0.4, -0.2) is 61.9 Å². The van der Waals surface area contributed by atoms with E-state index in [1.54, 1.807) is 30.5 Å². The van der Waals surface area contributed by atoms with Gasteiger partial charge in [0.25, 0.3) is 11.6 Å². The van der Waals surface area contributed by atoms with Gasteiger partial charge in [-0.2, -0.15) is 5.10 Å². The van der Waals surface area contributed by atoms with Gasteiger partial charge in [-0.25, -0.2) is 5.43 Å². The van der Waals surface area contributed by atoms with E-state index in [-0.39, 0.29) is 24.7 Å². The predicted molar refractivity (Wildman–Crippen MR) is 127 cm³/mol. The molecule has 0 bridgehead atoms. The molecular formula is C24H28N4O6. The van der Waals surface area contributed by atoms with Crippen molar-refractivity contribution in [2.24, 2.45) is 5.10 Å². The van der Waals surface area contributed by atoms with Crippen molar-refractivity contribution in [1.29, 1.82) is 0 Å². The molecule has 1 aliphatic heterocycles. The van der Waals surface area contributed by atoms with Crippen LogP contribution in [0.3, 0.4) is 0 Å². The number of hydrogen-bond donors (Lipinski definition) is 1. The normalized spacial score (nSPS) is 14.0. The number of allylic oxidation sites excluding steroid dienone is 1. The molecule has 180 valence electrons. The lowest BCUT2D eigenvalue weighted by atomic mass is 10.1. The second kappa shape index (κ2) is 12.5. The number of amides is 1. The number of hydrogen-bond acceptors (Lipinski definition) is 8. The molecule has 3 rings (SSSR count). The van der Waals surface area contributed by atoms with Gasteiger partial charge in [0, 0.05) is 30.8 Å². The summed E-state index contributed by atoms with van der Waals surface area (Å²) in [4.78, 5) is 24.5. The highest BCUT2D eigenvalue weighted by Crippen LogP contribution is 2.34. The van der Waals surface area contributed by atoms with Crippen LogP contribution in [0.1, 0.15) is 16.7 Å². The summed E-state index contributed by atoms with van der Waals surface area (Å²) in [5, 5.41) is 14.9. The Kier molecular flexibility index (Phi) is 9.12. The number of nitrogens with one attached hydrogen (secondary N) is 1. The molecule has 0 saturated carbocycles. The lowest BCUT2D eigenvalue weighted by Crippen LogP contribution is -2.42. The number of benzene rings is 2. The van der Waals surface area contributed by atoms with Gasteiger partial charge >= 0.3 is 0 Å². The first-order valence-corrected chi connectivity index (χ1v) is 10.8. The molecular weight excluding hydrogens is 440 g/mol. The van der Waals surface area contributed by atoms with Crippen molar-refractivity contribution in [3.8, 4) is 11.5 Å². The van der Waals surface area contributed by atoms with Gasteiger partial charge in [-0.15, -0.1) is 6.58 Å². The number of methoxy groups -OCH3 is 1. The molecule has 0 aromatic heterocycles. The van der Waals surface area contributed by atoms with Crippen molar-refractivity contribution < 1.29 is 23.9 Å². The molecule has 2 aromatic carbocycles. The van der Waals surface area contributed by atoms with E-state index < -0.39 is 4.92 Å². The van der Waals surface area contributed by atoms with Crippen LogP contribution in [0, 0.1) is 10.1 Å². The average Bonchev–Trinajstić information content (AvgIpc) is 2.84. The number of nitro groups is 1. The first-order valence-electron chi connectivity index (χ1n) is 10.8. The molecule has 1 N–H and O–H groups in total. The summed E-state index contributed by atoms with van der Waals surface area (Å²) >= 11 is 0. The zero-order valence-electron chi connectivity index (χ0n) is 19.1. The maximum absolute atomic E-state index is 12.1. The van der Waals surface area contributed by atoms with Crippen molar-refractivity contribution in [3.63, 3.8) is 0 Å². The minimum atomic E-state index is -0.443. The van der Waals surface area contributed by atoms with Crippen molar-refractivity contribution in [1.82, 2.24) is 10.3 Å². The zero-order chi connectivity index (χ0) is 24.3. The van der Waals surface area contributed by atoms with E-state index in [4.69, 9.17) is 14.2 Å². The van der Waals surface area contributed by atoms with Crippen molar-refractivity contribution in [2.75, 3.05) is 40.0 Å². The van der Waals surface area contributed by atoms with Crippen LogP contribution in [-0.2, 0) is 22.6 Å². The van der Waals surface area contributed by atoms with Crippen LogP contribution in [0.25, 0.3) is 0 Å². The lowest BCUT2D eigenvalue weighted by Gasteiger charge is -2.25. The van der Waals surface area contributed by atoms with Gasteiger partial charge < -0.3 is 14.2 Å². The molecule has 0 unspecified atom stereocenters. The highest BCUT2D eigenvalue weighted by molar-refractivity contribution is 5.84. The van der Waals surface area contributed by atoms with Crippen molar-refractivity contribution in [2.45, 2.75) is 13.0 Å². The molecule has 0 spiro atoms. The predicted octanol–water partition coefficient (Wildman–Crippen LogP) is 2.69. The summed E-state index contributed by atoms with van der Waals surface area (Å²) in [5.41, 5.74) is 4.91. The Bertz CT molecular complexity index is 1030. The number of ether oxygens (including phenoxy) is 3. The van der Waals surface area contributed by atoms with Crippen LogP contribution >= 0.6 is 0 Å². The van der Waals surface area contributed by atoms with E-state index in [9.17, 15) is 14.9 Å². The van der Waals surface area contributed by atoms with Crippen LogP contribution in [0.15, 0.2) is 54.2 Å². The van der Waals surface area contributed by atoms with Gasteiger partial charge in [-0.1, -0.05) is 6.08 Å². The standard InChI is InChI=1S/C24H28N4O6/c1-3-4-20-13-19(15-25-26-23(29)16-27-9-11-33-12-10-27)14-22(32-2)24(20)34-17-18-5-7-21(8-6-18)28(30)31/h3,5-8,13-15H,1,4,9-12,16-17H2,2H3,(H,26,29)/b25-15+. The molecule has 1 aliphatic rings. The van der Waals surface area contributed by atoms with E-state index in [1.165, 1.54) is 19.2 Å². The Morgan fingerprint density at radius 3 is 2.68 bits per heavy atom. The molecule has 0 radical (unpaired) electrons. The fourth-order valence-corrected chi connectivity index (χ4v) is 3.43. The Morgan fingerprint density at radius 1 is 1.29 bits per heavy atom. The topological polar surface area (TPSA) is 116 Å². The zero-order valence-corrected chi connectivity index (χ0v) is 19.1. The smallest absolute Gasteiger partial charge is 0.269 e. The first kappa shape index (κ1) is 24.9. The first-order chi connectivity index (χ1) is 16.5. The molecule has 1 saturated heterocycles. The van der Waals surface area contributed by atoms with Crippen LogP contribution in [0.2, 0.25) is 0 Å². The minimum absolute atomic E-state index is 0.0225. The van der Waals surface area contributed by atoms with Gasteiger partial charge in [0.15, 0.2) is 11.5 Å². The summed E-state index contributed by atoms with van der Waals surface area (Å²) in [6.07, 6.45) is 3.82. The molecule has 34 heavy (non-hydrogen) atoms. The molecule has 10 heteroatoms. The highest BCUT2D eigenvalue weighted by atomic mass is 16.6. The summed E-state index contributed by atoms with van der Waals surface area (Å²) < 4.78 is 16.8. The van der Waals surface area contributed by atoms with Crippen molar-refractivity contribution in [3.05, 3.63) is 75.9 Å². The maximum Gasteiger partial charge on any atom is 0.269 e. The summed E-state index contributed by atoms with van der Waals surface area (Å²) in [5.74, 6) is 0.857. The van der Waals surface area contributed by atoms with E-state index in [2.05, 4.69) is 17.1 Å². The molecule has 0 aliphatic carbocycles. The third kappa shape index (κ3) is 7.12. The Balaban J connectivity index is 1.67. The van der Waals surface area contributed by atoms with E-state index >= 15 is 0 Å². The number of nitro benzene ring substituents is 1. The van der Waals surface area contributed by atoms with Gasteiger partial charge in [-0.05, 0) is 41.8 Å². The lowest BCUT2D eigenvalue weighted by molar-refractivity contribution is -0.384. The fraction of sp³-hybridized carbons (Fsp3) is 0.333. The Morgan fingerprint density at radius 2 is 2.03 bits per heavy atom. The summed E-state index contributed by atoms with van der Waals surface area (Å²) in [6.45, 7) is 6.98. The van der Waals surface area contributed by atoms with Gasteiger partial charge in [0.2, 0.25) is 0 Å². The highest BCUT2D eigenvalue weighted by Gasteiger charge is 2.15. The van der Waals surface area contributed by atoms with Crippen molar-refractivity contribution >= 4 is 17.8 Å². The molecule has 1 heterocycles. The number of carbonyl (C=O) groups is 1. The number of rotatable bonds is 11. The monoisotopic (exact) mass is 468 g/mol. The average molecular weight is 469 g/mol. The number of hydrazone groups is 1. The molecule has 1 fully saturated rings. The number of carbonyl (C=O) groups excluding carboxylic acids is 1. The fourth-order valence-electron chi connectivity index (χ4n) is 3.43. The second-order valence-electron chi connectivity index (χ2n) is 7.60. The van der Waals surface area contributed by atoms with Crippen LogP contribution in [0.5, 0.6) is 11.5 Å². The quantitative estimate of drug-likeness (QED) is 0.233. The van der Waals surface area contributed by atoms with E-state index in [0.717, 1.165) is 29.8 Å². The summed E-state index contributed by atoms with van der Waals surface area (Å²) in [6, 6.07) is 9.82. The number of non-ortho nitro benzene ring substituents is 1. The Hall–Kier alpha value is -3.76. The molecule has 2 aromatic rings. The SMILES string of the molecule is C=CCc1cc(/C=N/NC(=O)CN2CCOCC2)cc(OC)c1OCc1ccc([N+](=O)[O-])cc1. The molecule has 1 amide bonds. The van der Waals surface area contributed by atoms with Crippen LogP contribution < -0.4 is 14.9 Å². The second-order valence-corrected chi connectivity index (χ2v) is 7.60.